The lowest BCUT2D eigenvalue weighted by atomic mass is 10.2. The molecule has 5 nitrogen and oxygen atoms in total. The molecule has 25 heavy (non-hydrogen) atoms. The molecule has 2 aromatic carbocycles. The maximum atomic E-state index is 13.4. The van der Waals surface area contributed by atoms with Gasteiger partial charge in [0, 0.05) is 0 Å². The zero-order chi connectivity index (χ0) is 18.8. The first-order valence-electron chi connectivity index (χ1n) is 6.62. The Hall–Kier alpha value is -2.62. The minimum Gasteiger partial charge on any atom is -0.465 e. The Labute approximate surface area is 140 Å². The Morgan fingerprint density at radius 1 is 1.12 bits per heavy atom. The number of nitrogens with one attached hydrogen (secondary N) is 1. The molecule has 0 aliphatic heterocycles. The average Bonchev–Trinajstić information content (AvgIpc) is 2.52. The molecule has 0 saturated heterocycles. The van der Waals surface area contributed by atoms with Gasteiger partial charge < -0.3 is 4.74 Å². The van der Waals surface area contributed by atoms with Crippen molar-refractivity contribution in [1.29, 1.82) is 0 Å². The molecule has 134 valence electrons. The van der Waals surface area contributed by atoms with Crippen LogP contribution in [0.15, 0.2) is 47.4 Å². The molecule has 0 bridgehead atoms. The summed E-state index contributed by atoms with van der Waals surface area (Å²) in [6.07, 6.45) is -4.85. The van der Waals surface area contributed by atoms with Gasteiger partial charge in [-0.15, -0.1) is 0 Å². The lowest BCUT2D eigenvalue weighted by molar-refractivity contribution is -0.137. The van der Waals surface area contributed by atoms with Crippen LogP contribution in [0.4, 0.5) is 23.2 Å². The van der Waals surface area contributed by atoms with Crippen molar-refractivity contribution in [2.75, 3.05) is 11.8 Å². The standard InChI is InChI=1S/C15H11F4NO4S/c1-24-14(21)12-4-2-3-5-13(12)25(22,23)20-11-7-9(15(17,18)19)6-10(16)8-11/h2-8,20H,1H3. The first-order chi connectivity index (χ1) is 11.5. The van der Waals surface area contributed by atoms with E-state index in [4.69, 9.17) is 0 Å². The highest BCUT2D eigenvalue weighted by Crippen LogP contribution is 2.32. The van der Waals surface area contributed by atoms with Crippen molar-refractivity contribution in [3.05, 3.63) is 59.4 Å². The lowest BCUT2D eigenvalue weighted by Gasteiger charge is -2.13. The molecule has 0 aromatic heterocycles. The largest absolute Gasteiger partial charge is 0.465 e. The second-order valence-electron chi connectivity index (χ2n) is 4.82. The van der Waals surface area contributed by atoms with Crippen molar-refractivity contribution in [3.63, 3.8) is 0 Å². The van der Waals surface area contributed by atoms with Crippen molar-refractivity contribution in [3.8, 4) is 0 Å². The van der Waals surface area contributed by atoms with Crippen LogP contribution in [0.25, 0.3) is 0 Å². The van der Waals surface area contributed by atoms with Crippen molar-refractivity contribution >= 4 is 21.7 Å². The molecule has 0 heterocycles. The Morgan fingerprint density at radius 3 is 2.36 bits per heavy atom. The van der Waals surface area contributed by atoms with Crippen LogP contribution in [-0.4, -0.2) is 21.5 Å². The number of sulfonamides is 1. The highest BCUT2D eigenvalue weighted by atomic mass is 32.2. The van der Waals surface area contributed by atoms with Gasteiger partial charge in [0.2, 0.25) is 0 Å². The Morgan fingerprint density at radius 2 is 1.76 bits per heavy atom. The van der Waals surface area contributed by atoms with E-state index in [1.165, 1.54) is 18.2 Å². The zero-order valence-electron chi connectivity index (χ0n) is 12.6. The summed E-state index contributed by atoms with van der Waals surface area (Å²) in [4.78, 5) is 11.1. The number of rotatable bonds is 4. The summed E-state index contributed by atoms with van der Waals surface area (Å²) in [5, 5.41) is 0. The van der Waals surface area contributed by atoms with Crippen LogP contribution in [0.3, 0.4) is 0 Å². The van der Waals surface area contributed by atoms with E-state index in [0.29, 0.717) is 12.1 Å². The van der Waals surface area contributed by atoms with Gasteiger partial charge in [0.15, 0.2) is 0 Å². The highest BCUT2D eigenvalue weighted by Gasteiger charge is 2.32. The summed E-state index contributed by atoms with van der Waals surface area (Å²) < 4.78 is 82.6. The van der Waals surface area contributed by atoms with Crippen LogP contribution in [0.2, 0.25) is 0 Å². The fraction of sp³-hybridized carbons (Fsp3) is 0.133. The third-order valence-corrected chi connectivity index (χ3v) is 4.50. The minimum absolute atomic E-state index is 0.236. The van der Waals surface area contributed by atoms with E-state index in [1.807, 2.05) is 4.72 Å². The van der Waals surface area contributed by atoms with E-state index in [9.17, 15) is 30.8 Å². The van der Waals surface area contributed by atoms with Crippen LogP contribution in [-0.2, 0) is 20.9 Å². The second-order valence-corrected chi connectivity index (χ2v) is 6.47. The number of hydrogen-bond donors (Lipinski definition) is 1. The van der Waals surface area contributed by atoms with Crippen molar-refractivity contribution in [1.82, 2.24) is 0 Å². The number of anilines is 1. The number of benzene rings is 2. The van der Waals surface area contributed by atoms with E-state index < -0.39 is 44.1 Å². The van der Waals surface area contributed by atoms with Gasteiger partial charge in [0.1, 0.15) is 10.7 Å². The first kappa shape index (κ1) is 18.7. The normalized spacial score (nSPS) is 11.9. The quantitative estimate of drug-likeness (QED) is 0.655. The molecule has 0 fully saturated rings. The van der Waals surface area contributed by atoms with E-state index >= 15 is 0 Å². The number of carbonyl (C=O) groups excluding carboxylic acids is 1. The Balaban J connectivity index is 2.48. The summed E-state index contributed by atoms with van der Waals surface area (Å²) in [6, 6.07) is 6.21. The fourth-order valence-electron chi connectivity index (χ4n) is 2.00. The number of halogens is 4. The summed E-state index contributed by atoms with van der Waals surface area (Å²) >= 11 is 0. The second kappa shape index (κ2) is 6.71. The summed E-state index contributed by atoms with van der Waals surface area (Å²) in [5.41, 5.74) is -2.30. The van der Waals surface area contributed by atoms with Crippen molar-refractivity contribution in [2.24, 2.45) is 0 Å². The zero-order valence-corrected chi connectivity index (χ0v) is 13.4. The van der Waals surface area contributed by atoms with E-state index in [0.717, 1.165) is 13.2 Å². The molecule has 0 saturated carbocycles. The van der Waals surface area contributed by atoms with Gasteiger partial charge in [0.05, 0.1) is 23.9 Å². The molecule has 0 aliphatic carbocycles. The van der Waals surface area contributed by atoms with Crippen molar-refractivity contribution < 1.29 is 35.5 Å². The van der Waals surface area contributed by atoms with E-state index in [-0.39, 0.29) is 11.6 Å². The number of esters is 1. The Kier molecular flexibility index (Phi) is 5.02. The summed E-state index contributed by atoms with van der Waals surface area (Å²) in [7, 11) is -3.42. The predicted molar refractivity (Wildman–Crippen MR) is 80.0 cm³/mol. The number of carbonyl (C=O) groups is 1. The van der Waals surface area contributed by atoms with Gasteiger partial charge in [-0.05, 0) is 30.3 Å². The average molecular weight is 377 g/mol. The molecule has 0 aliphatic rings. The first-order valence-corrected chi connectivity index (χ1v) is 8.11. The molecule has 0 radical (unpaired) electrons. The predicted octanol–water partition coefficient (Wildman–Crippen LogP) is 3.43. The van der Waals surface area contributed by atoms with Crippen LogP contribution in [0.5, 0.6) is 0 Å². The molecular weight excluding hydrogens is 366 g/mol. The van der Waals surface area contributed by atoms with Gasteiger partial charge in [-0.2, -0.15) is 13.2 Å². The molecule has 0 spiro atoms. The number of hydrogen-bond acceptors (Lipinski definition) is 4. The molecule has 2 aromatic rings. The molecule has 10 heteroatoms. The lowest BCUT2D eigenvalue weighted by Crippen LogP contribution is -2.18. The van der Waals surface area contributed by atoms with Gasteiger partial charge in [-0.3, -0.25) is 4.72 Å². The van der Waals surface area contributed by atoms with Crippen LogP contribution >= 0.6 is 0 Å². The maximum absolute atomic E-state index is 13.4. The van der Waals surface area contributed by atoms with Gasteiger partial charge in [0.25, 0.3) is 10.0 Å². The van der Waals surface area contributed by atoms with Crippen LogP contribution in [0, 0.1) is 5.82 Å². The van der Waals surface area contributed by atoms with Crippen LogP contribution < -0.4 is 4.72 Å². The molecule has 0 unspecified atom stereocenters. The maximum Gasteiger partial charge on any atom is 0.416 e. The van der Waals surface area contributed by atoms with Gasteiger partial charge in [-0.25, -0.2) is 17.6 Å². The molecule has 0 atom stereocenters. The van der Waals surface area contributed by atoms with Crippen molar-refractivity contribution in [2.45, 2.75) is 11.1 Å². The molecular formula is C15H11F4NO4S. The van der Waals surface area contributed by atoms with Crippen LogP contribution in [0.1, 0.15) is 15.9 Å². The molecule has 0 amide bonds. The monoisotopic (exact) mass is 377 g/mol. The topological polar surface area (TPSA) is 72.5 Å². The number of alkyl halides is 3. The number of ether oxygens (including phenoxy) is 1. The fourth-order valence-corrected chi connectivity index (χ4v) is 3.24. The third kappa shape index (κ3) is 4.27. The smallest absolute Gasteiger partial charge is 0.416 e. The molecule has 2 rings (SSSR count). The molecule has 1 N–H and O–H groups in total. The highest BCUT2D eigenvalue weighted by molar-refractivity contribution is 7.92. The SMILES string of the molecule is COC(=O)c1ccccc1S(=O)(=O)Nc1cc(F)cc(C(F)(F)F)c1. The summed E-state index contributed by atoms with van der Waals surface area (Å²) in [6.45, 7) is 0. The minimum atomic E-state index is -4.85. The van der Waals surface area contributed by atoms with E-state index in [2.05, 4.69) is 4.74 Å². The van der Waals surface area contributed by atoms with Gasteiger partial charge in [-0.1, -0.05) is 12.1 Å². The third-order valence-electron chi connectivity index (χ3n) is 3.06. The van der Waals surface area contributed by atoms with Gasteiger partial charge >= 0.3 is 12.1 Å². The van der Waals surface area contributed by atoms with E-state index in [1.54, 1.807) is 0 Å². The number of methoxy groups -OCH3 is 1. The Bertz CT molecular complexity index is 910. The summed E-state index contributed by atoms with van der Waals surface area (Å²) in [5.74, 6) is -2.22.